The van der Waals surface area contributed by atoms with Crippen molar-refractivity contribution in [2.75, 3.05) is 18.4 Å². The highest BCUT2D eigenvalue weighted by molar-refractivity contribution is 7.89. The number of amides is 1. The minimum atomic E-state index is -3.55. The van der Waals surface area contributed by atoms with Crippen LogP contribution in [0.25, 0.3) is 0 Å². The molecule has 0 saturated heterocycles. The fraction of sp³-hybridized carbons (Fsp3) is 0.529. The fourth-order valence-electron chi connectivity index (χ4n) is 3.06. The maximum absolute atomic E-state index is 12.4. The van der Waals surface area contributed by atoms with Crippen LogP contribution in [0.5, 0.6) is 0 Å². The molecule has 1 heterocycles. The molecule has 7 nitrogen and oxygen atoms in total. The van der Waals surface area contributed by atoms with Crippen LogP contribution in [0.3, 0.4) is 0 Å². The second-order valence-corrected chi connectivity index (χ2v) is 8.42. The van der Waals surface area contributed by atoms with E-state index in [2.05, 4.69) is 22.0 Å². The highest BCUT2D eigenvalue weighted by atomic mass is 32.2. The number of benzene rings is 1. The SMILES string of the molecule is CCCCNC(=O)C1(CNc2cccc3c2C(N)=NS(=O)(=O)C3)CC1. The van der Waals surface area contributed by atoms with Crippen LogP contribution in [0.15, 0.2) is 22.6 Å². The normalized spacial score (nSPS) is 19.5. The second kappa shape index (κ2) is 6.67. The summed E-state index contributed by atoms with van der Waals surface area (Å²) in [5.41, 5.74) is 7.48. The van der Waals surface area contributed by atoms with Gasteiger partial charge in [0.2, 0.25) is 5.91 Å². The summed E-state index contributed by atoms with van der Waals surface area (Å²) in [5.74, 6) is -0.0645. The van der Waals surface area contributed by atoms with Crippen LogP contribution >= 0.6 is 0 Å². The van der Waals surface area contributed by atoms with E-state index in [1.165, 1.54) is 0 Å². The quantitative estimate of drug-likeness (QED) is 0.632. The van der Waals surface area contributed by atoms with E-state index in [4.69, 9.17) is 5.73 Å². The van der Waals surface area contributed by atoms with E-state index in [9.17, 15) is 13.2 Å². The highest BCUT2D eigenvalue weighted by Gasteiger charge is 2.49. The van der Waals surface area contributed by atoms with Crippen LogP contribution < -0.4 is 16.4 Å². The van der Waals surface area contributed by atoms with Crippen molar-refractivity contribution in [3.05, 3.63) is 29.3 Å². The lowest BCUT2D eigenvalue weighted by molar-refractivity contribution is -0.125. The van der Waals surface area contributed by atoms with Crippen LogP contribution in [-0.4, -0.2) is 33.3 Å². The topological polar surface area (TPSA) is 114 Å². The number of anilines is 1. The molecule has 0 bridgehead atoms. The number of carbonyl (C=O) groups is 1. The molecule has 1 aromatic rings. The number of nitrogens with zero attached hydrogens (tertiary/aromatic N) is 1. The minimum Gasteiger partial charge on any atom is -0.383 e. The summed E-state index contributed by atoms with van der Waals surface area (Å²) < 4.78 is 27.1. The first-order valence-electron chi connectivity index (χ1n) is 8.59. The molecule has 8 heteroatoms. The van der Waals surface area contributed by atoms with E-state index in [0.29, 0.717) is 24.2 Å². The van der Waals surface area contributed by atoms with Crippen LogP contribution in [0.1, 0.15) is 43.7 Å². The van der Waals surface area contributed by atoms with Gasteiger partial charge in [0.15, 0.2) is 0 Å². The molecular formula is C17H24N4O3S. The Bertz CT molecular complexity index is 813. The maximum Gasteiger partial charge on any atom is 0.259 e. The summed E-state index contributed by atoms with van der Waals surface area (Å²) in [6, 6.07) is 5.37. The first kappa shape index (κ1) is 17.7. The van der Waals surface area contributed by atoms with Gasteiger partial charge in [0, 0.05) is 24.3 Å². The summed E-state index contributed by atoms with van der Waals surface area (Å²) in [5, 5.41) is 6.29. The van der Waals surface area contributed by atoms with Gasteiger partial charge in [-0.1, -0.05) is 25.5 Å². The smallest absolute Gasteiger partial charge is 0.259 e. The number of fused-ring (bicyclic) bond motifs is 1. The van der Waals surface area contributed by atoms with Gasteiger partial charge in [0.25, 0.3) is 10.0 Å². The largest absolute Gasteiger partial charge is 0.383 e. The van der Waals surface area contributed by atoms with Crippen molar-refractivity contribution in [3.63, 3.8) is 0 Å². The van der Waals surface area contributed by atoms with Gasteiger partial charge < -0.3 is 16.4 Å². The Morgan fingerprint density at radius 2 is 2.12 bits per heavy atom. The molecule has 1 aromatic carbocycles. The second-order valence-electron chi connectivity index (χ2n) is 6.79. The number of sulfonamides is 1. The fourth-order valence-corrected chi connectivity index (χ4v) is 4.15. The number of carbonyl (C=O) groups excluding carboxylic acids is 1. The van der Waals surface area contributed by atoms with E-state index in [1.807, 2.05) is 6.07 Å². The van der Waals surface area contributed by atoms with Crippen molar-refractivity contribution < 1.29 is 13.2 Å². The van der Waals surface area contributed by atoms with Crippen LogP contribution in [0.4, 0.5) is 5.69 Å². The average molecular weight is 364 g/mol. The molecule has 1 aliphatic carbocycles. The zero-order chi connectivity index (χ0) is 18.1. The third-order valence-corrected chi connectivity index (χ3v) is 5.90. The Morgan fingerprint density at radius 3 is 2.80 bits per heavy atom. The lowest BCUT2D eigenvalue weighted by atomic mass is 10.0. The molecule has 4 N–H and O–H groups in total. The van der Waals surface area contributed by atoms with E-state index < -0.39 is 10.0 Å². The number of rotatable bonds is 7. The maximum atomic E-state index is 12.4. The van der Waals surface area contributed by atoms with Gasteiger partial charge in [0.05, 0.1) is 11.2 Å². The number of nitrogens with one attached hydrogen (secondary N) is 2. The number of nitrogens with two attached hydrogens (primary N) is 1. The zero-order valence-corrected chi connectivity index (χ0v) is 15.2. The van der Waals surface area contributed by atoms with Gasteiger partial charge >= 0.3 is 0 Å². The van der Waals surface area contributed by atoms with E-state index in [-0.39, 0.29) is 22.9 Å². The molecule has 25 heavy (non-hydrogen) atoms. The van der Waals surface area contributed by atoms with Crippen molar-refractivity contribution in [1.82, 2.24) is 5.32 Å². The number of hydrogen-bond donors (Lipinski definition) is 3. The van der Waals surface area contributed by atoms with Gasteiger partial charge in [-0.3, -0.25) is 4.79 Å². The lowest BCUT2D eigenvalue weighted by Gasteiger charge is -2.21. The average Bonchev–Trinajstić information content (AvgIpc) is 3.32. The molecule has 0 atom stereocenters. The van der Waals surface area contributed by atoms with Crippen LogP contribution in [-0.2, 0) is 20.6 Å². The Kier molecular flexibility index (Phi) is 4.73. The summed E-state index contributed by atoms with van der Waals surface area (Å²) in [4.78, 5) is 12.4. The molecule has 1 aliphatic heterocycles. The van der Waals surface area contributed by atoms with Gasteiger partial charge in [0.1, 0.15) is 5.84 Å². The van der Waals surface area contributed by atoms with Crippen molar-refractivity contribution in [1.29, 1.82) is 0 Å². The predicted molar refractivity (Wildman–Crippen MR) is 97.9 cm³/mol. The van der Waals surface area contributed by atoms with Gasteiger partial charge in [-0.2, -0.15) is 0 Å². The van der Waals surface area contributed by atoms with Crippen LogP contribution in [0, 0.1) is 5.41 Å². The first-order valence-corrected chi connectivity index (χ1v) is 10.2. The van der Waals surface area contributed by atoms with Gasteiger partial charge in [-0.05, 0) is 30.9 Å². The molecular weight excluding hydrogens is 340 g/mol. The van der Waals surface area contributed by atoms with Crippen molar-refractivity contribution >= 4 is 27.5 Å². The standard InChI is InChI=1S/C17H24N4O3S/c1-2-3-9-19-16(22)17(7-8-17)11-20-13-6-4-5-12-10-25(23,24)21-15(18)14(12)13/h4-6,20H,2-3,7-11H2,1H3,(H2,18,21)(H,19,22). The molecule has 3 rings (SSSR count). The Morgan fingerprint density at radius 1 is 1.36 bits per heavy atom. The Balaban J connectivity index is 1.72. The molecule has 0 aromatic heterocycles. The summed E-state index contributed by atoms with van der Waals surface area (Å²) in [6.07, 6.45) is 3.72. The molecule has 0 unspecified atom stereocenters. The van der Waals surface area contributed by atoms with Crippen molar-refractivity contribution in [2.45, 2.75) is 38.4 Å². The van der Waals surface area contributed by atoms with Crippen molar-refractivity contribution in [3.8, 4) is 0 Å². The van der Waals surface area contributed by atoms with Crippen molar-refractivity contribution in [2.24, 2.45) is 15.5 Å². The summed E-state index contributed by atoms with van der Waals surface area (Å²) in [6.45, 7) is 3.29. The Labute approximate surface area is 148 Å². The van der Waals surface area contributed by atoms with Gasteiger partial charge in [-0.15, -0.1) is 4.40 Å². The third-order valence-electron chi connectivity index (χ3n) is 4.75. The lowest BCUT2D eigenvalue weighted by Crippen LogP contribution is -2.37. The molecule has 2 aliphatic rings. The Hall–Kier alpha value is -2.09. The summed E-state index contributed by atoms with van der Waals surface area (Å²) in [7, 11) is -3.55. The molecule has 1 saturated carbocycles. The van der Waals surface area contributed by atoms with E-state index in [1.54, 1.807) is 12.1 Å². The minimum absolute atomic E-state index is 0.00148. The third kappa shape index (κ3) is 3.78. The predicted octanol–water partition coefficient (Wildman–Crippen LogP) is 1.34. The highest BCUT2D eigenvalue weighted by Crippen LogP contribution is 2.46. The first-order chi connectivity index (χ1) is 11.9. The molecule has 136 valence electrons. The molecule has 0 radical (unpaired) electrons. The van der Waals surface area contributed by atoms with E-state index >= 15 is 0 Å². The molecule has 1 amide bonds. The van der Waals surface area contributed by atoms with Crippen LogP contribution in [0.2, 0.25) is 0 Å². The molecule has 1 fully saturated rings. The summed E-state index contributed by atoms with van der Waals surface area (Å²) >= 11 is 0. The monoisotopic (exact) mass is 364 g/mol. The zero-order valence-electron chi connectivity index (χ0n) is 14.3. The number of unbranched alkanes of at least 4 members (excludes halogenated alkanes) is 1. The number of amidine groups is 1. The van der Waals surface area contributed by atoms with Gasteiger partial charge in [-0.25, -0.2) is 8.42 Å². The number of hydrogen-bond acceptors (Lipinski definition) is 5. The molecule has 0 spiro atoms. The van der Waals surface area contributed by atoms with E-state index in [0.717, 1.165) is 31.4 Å².